The van der Waals surface area contributed by atoms with E-state index in [1.165, 1.54) is 0 Å². The molecule has 0 bridgehead atoms. The highest BCUT2D eigenvalue weighted by molar-refractivity contribution is 5.85. The van der Waals surface area contributed by atoms with E-state index in [-0.39, 0.29) is 36.3 Å². The highest BCUT2D eigenvalue weighted by Gasteiger charge is 2.33. The Morgan fingerprint density at radius 2 is 1.88 bits per heavy atom. The molecule has 0 unspecified atom stereocenters. The van der Waals surface area contributed by atoms with Gasteiger partial charge in [-0.25, -0.2) is 4.98 Å². The van der Waals surface area contributed by atoms with E-state index in [1.54, 1.807) is 6.20 Å². The third-order valence-electron chi connectivity index (χ3n) is 4.53. The summed E-state index contributed by atoms with van der Waals surface area (Å²) in [5.74, 6) is 1.35. The standard InChI is InChI=1S/C18H23N3O2.2ClH/c19-13-18(10-4-5-11-18)21-16(22)8-9-17-20-12-15(23-17)14-6-2-1-3-7-14;;/h1-3,6-7,12H,4-5,8-11,13,19H2,(H,21,22);2*1H. The number of carbonyl (C=O) groups excluding carboxylic acids is 1. The number of hydrogen-bond donors (Lipinski definition) is 2. The number of aromatic nitrogens is 1. The topological polar surface area (TPSA) is 81.1 Å². The third-order valence-corrected chi connectivity index (χ3v) is 4.53. The van der Waals surface area contributed by atoms with Gasteiger partial charge in [-0.2, -0.15) is 0 Å². The van der Waals surface area contributed by atoms with Crippen LogP contribution in [0.4, 0.5) is 0 Å². The fourth-order valence-corrected chi connectivity index (χ4v) is 3.17. The van der Waals surface area contributed by atoms with Gasteiger partial charge in [-0.1, -0.05) is 43.2 Å². The van der Waals surface area contributed by atoms with E-state index in [2.05, 4.69) is 10.3 Å². The highest BCUT2D eigenvalue weighted by atomic mass is 35.5. The predicted molar refractivity (Wildman–Crippen MR) is 103 cm³/mol. The minimum Gasteiger partial charge on any atom is -0.441 e. The number of halogens is 2. The second kappa shape index (κ2) is 9.80. The molecular weight excluding hydrogens is 361 g/mol. The fraction of sp³-hybridized carbons (Fsp3) is 0.444. The molecule has 1 aliphatic carbocycles. The normalized spacial score (nSPS) is 15.1. The number of carbonyl (C=O) groups is 1. The molecule has 3 rings (SSSR count). The maximum Gasteiger partial charge on any atom is 0.220 e. The number of nitrogens with zero attached hydrogens (tertiary/aromatic N) is 1. The summed E-state index contributed by atoms with van der Waals surface area (Å²) in [6, 6.07) is 9.82. The molecule has 0 aliphatic heterocycles. The highest BCUT2D eigenvalue weighted by Crippen LogP contribution is 2.28. The Balaban J connectivity index is 0.00000156. The van der Waals surface area contributed by atoms with Crippen molar-refractivity contribution in [2.75, 3.05) is 6.54 Å². The average Bonchev–Trinajstić information content (AvgIpc) is 3.24. The second-order valence-corrected chi connectivity index (χ2v) is 6.22. The van der Waals surface area contributed by atoms with Gasteiger partial charge in [0.15, 0.2) is 11.7 Å². The molecule has 1 aliphatic rings. The Kier molecular flexibility index (Phi) is 8.42. The van der Waals surface area contributed by atoms with Gasteiger partial charge in [-0.3, -0.25) is 4.79 Å². The Labute approximate surface area is 160 Å². The first kappa shape index (κ1) is 21.5. The van der Waals surface area contributed by atoms with E-state index < -0.39 is 0 Å². The van der Waals surface area contributed by atoms with Gasteiger partial charge in [0, 0.05) is 24.9 Å². The van der Waals surface area contributed by atoms with E-state index in [4.69, 9.17) is 10.2 Å². The number of rotatable bonds is 6. The van der Waals surface area contributed by atoms with Crippen LogP contribution in [0.2, 0.25) is 0 Å². The number of nitrogens with one attached hydrogen (secondary N) is 1. The number of amides is 1. The van der Waals surface area contributed by atoms with Crippen LogP contribution >= 0.6 is 24.8 Å². The molecule has 0 saturated heterocycles. The van der Waals surface area contributed by atoms with E-state index in [1.807, 2.05) is 30.3 Å². The largest absolute Gasteiger partial charge is 0.441 e. The molecule has 1 saturated carbocycles. The lowest BCUT2D eigenvalue weighted by Gasteiger charge is -2.28. The van der Waals surface area contributed by atoms with Crippen molar-refractivity contribution >= 4 is 30.7 Å². The molecule has 2 aromatic rings. The lowest BCUT2D eigenvalue weighted by Crippen LogP contribution is -2.51. The summed E-state index contributed by atoms with van der Waals surface area (Å²) in [7, 11) is 0. The van der Waals surface area contributed by atoms with Crippen molar-refractivity contribution in [3.05, 3.63) is 42.4 Å². The van der Waals surface area contributed by atoms with E-state index in [0.29, 0.717) is 25.3 Å². The Morgan fingerprint density at radius 1 is 1.20 bits per heavy atom. The van der Waals surface area contributed by atoms with Gasteiger partial charge < -0.3 is 15.5 Å². The number of benzene rings is 1. The minimum atomic E-state index is -0.192. The molecule has 1 aromatic carbocycles. The van der Waals surface area contributed by atoms with Gasteiger partial charge in [0.05, 0.1) is 11.7 Å². The number of nitrogens with two attached hydrogens (primary N) is 1. The van der Waals surface area contributed by atoms with E-state index in [0.717, 1.165) is 37.0 Å². The Morgan fingerprint density at radius 3 is 2.52 bits per heavy atom. The number of aryl methyl sites for hydroxylation is 1. The van der Waals surface area contributed by atoms with Gasteiger partial charge in [-0.15, -0.1) is 24.8 Å². The van der Waals surface area contributed by atoms with Crippen LogP contribution in [0.25, 0.3) is 11.3 Å². The zero-order chi connectivity index (χ0) is 16.1. The smallest absolute Gasteiger partial charge is 0.220 e. The van der Waals surface area contributed by atoms with Crippen molar-refractivity contribution in [2.45, 2.75) is 44.1 Å². The van der Waals surface area contributed by atoms with Crippen LogP contribution < -0.4 is 11.1 Å². The molecule has 1 aromatic heterocycles. The number of hydrogen-bond acceptors (Lipinski definition) is 4. The molecule has 3 N–H and O–H groups in total. The molecular formula is C18H25Cl2N3O2. The average molecular weight is 386 g/mol. The van der Waals surface area contributed by atoms with Crippen molar-refractivity contribution in [1.82, 2.24) is 10.3 Å². The van der Waals surface area contributed by atoms with Gasteiger partial charge in [0.2, 0.25) is 5.91 Å². The van der Waals surface area contributed by atoms with Crippen LogP contribution in [-0.2, 0) is 11.2 Å². The zero-order valence-electron chi connectivity index (χ0n) is 14.1. The van der Waals surface area contributed by atoms with Crippen LogP contribution in [-0.4, -0.2) is 23.0 Å². The van der Waals surface area contributed by atoms with Gasteiger partial charge in [0.25, 0.3) is 0 Å². The van der Waals surface area contributed by atoms with Crippen LogP contribution in [0.3, 0.4) is 0 Å². The zero-order valence-corrected chi connectivity index (χ0v) is 15.7. The van der Waals surface area contributed by atoms with Gasteiger partial charge in [0.1, 0.15) is 0 Å². The van der Waals surface area contributed by atoms with Crippen molar-refractivity contribution in [3.8, 4) is 11.3 Å². The van der Waals surface area contributed by atoms with E-state index >= 15 is 0 Å². The van der Waals surface area contributed by atoms with Crippen LogP contribution in [0.5, 0.6) is 0 Å². The number of oxazole rings is 1. The lowest BCUT2D eigenvalue weighted by atomic mass is 9.97. The monoisotopic (exact) mass is 385 g/mol. The quantitative estimate of drug-likeness (QED) is 0.796. The predicted octanol–water partition coefficient (Wildman–Crippen LogP) is 3.51. The van der Waals surface area contributed by atoms with Crippen molar-refractivity contribution in [1.29, 1.82) is 0 Å². The molecule has 138 valence electrons. The molecule has 0 radical (unpaired) electrons. The summed E-state index contributed by atoms with van der Waals surface area (Å²) in [6.07, 6.45) is 6.81. The fourth-order valence-electron chi connectivity index (χ4n) is 3.17. The lowest BCUT2D eigenvalue weighted by molar-refractivity contribution is -0.122. The molecule has 1 fully saturated rings. The van der Waals surface area contributed by atoms with Crippen LogP contribution in [0.1, 0.15) is 38.0 Å². The first-order valence-corrected chi connectivity index (χ1v) is 8.22. The summed E-state index contributed by atoms with van der Waals surface area (Å²) >= 11 is 0. The Hall–Kier alpha value is -1.56. The third kappa shape index (κ3) is 5.46. The maximum absolute atomic E-state index is 12.2. The molecule has 0 atom stereocenters. The summed E-state index contributed by atoms with van der Waals surface area (Å²) < 4.78 is 5.73. The maximum atomic E-state index is 12.2. The summed E-state index contributed by atoms with van der Waals surface area (Å²) in [5.41, 5.74) is 6.64. The van der Waals surface area contributed by atoms with Crippen molar-refractivity contribution in [3.63, 3.8) is 0 Å². The summed E-state index contributed by atoms with van der Waals surface area (Å²) in [6.45, 7) is 0.510. The minimum absolute atomic E-state index is 0. The first-order valence-electron chi connectivity index (χ1n) is 8.22. The molecule has 7 heteroatoms. The van der Waals surface area contributed by atoms with Crippen molar-refractivity contribution in [2.24, 2.45) is 5.73 Å². The summed E-state index contributed by atoms with van der Waals surface area (Å²) in [4.78, 5) is 16.4. The molecule has 1 heterocycles. The van der Waals surface area contributed by atoms with Crippen LogP contribution in [0.15, 0.2) is 40.9 Å². The summed E-state index contributed by atoms with van der Waals surface area (Å²) in [5, 5.41) is 3.12. The second-order valence-electron chi connectivity index (χ2n) is 6.22. The molecule has 5 nitrogen and oxygen atoms in total. The van der Waals surface area contributed by atoms with Gasteiger partial charge in [-0.05, 0) is 12.8 Å². The molecule has 25 heavy (non-hydrogen) atoms. The van der Waals surface area contributed by atoms with Crippen molar-refractivity contribution < 1.29 is 9.21 Å². The molecule has 0 spiro atoms. The van der Waals surface area contributed by atoms with Crippen LogP contribution in [0, 0.1) is 0 Å². The van der Waals surface area contributed by atoms with Gasteiger partial charge >= 0.3 is 0 Å². The Bertz CT molecular complexity index is 655. The SMILES string of the molecule is Cl.Cl.NCC1(NC(=O)CCc2ncc(-c3ccccc3)o2)CCCC1. The first-order chi connectivity index (χ1) is 11.2. The van der Waals surface area contributed by atoms with E-state index in [9.17, 15) is 4.79 Å². The molecule has 1 amide bonds.